The van der Waals surface area contributed by atoms with Crippen molar-refractivity contribution in [1.82, 2.24) is 49.5 Å². The normalized spacial score (nSPS) is 22.7. The standard InChI is InChI=1S/C23H22N4O4.C18H23NO4.C13H15NO2.C11H17NO4.C10H9N3O3.C7H7Br.ClH/c1-14(28)22-17-7-8-24-11-20(17)26(25-22)12-21(29)27-18-9-16(18)10-19(27)23(30)31-13-15-5-3-2-4-6-15;1-18(2,3)23-17(21)19-14-9-13(14)10-15(19)16(20)22-11-12-7-5-4-6-8-12;15-13(12-7-10-6-11(10)14-12)16-8-9-4-2-1-3-5-9;1-11(2,3)16-10(15)12-7-4-6(7)5-8(12)9(13)14;1-6(14)10-7-2-3-11-4-8(7)13(12-10)5-9(15)16;8-6-7-4-2-1-3-5-7;/h2-8,11,16,18-19H,9-10,12-13H2,1H3;4-8,13-15H,9-11H2,1-3H3;1-5,10-12,14H,6-8H2;6-8H,4-5H2,1-3H3,(H,13,14);2-4H,5H2,1H3,(H,15,16);1-5H,6H2;1H/t16-,18-,19+;13-,14-,15+;10-,11-,12+;6-,7-,8+;;;/m1111.../s1. The number of aliphatic carboxylic acids is 2. The zero-order valence-corrected chi connectivity index (χ0v) is 65.6. The zero-order valence-electron chi connectivity index (χ0n) is 63.2. The second-order valence-electron chi connectivity index (χ2n) is 30.6. The van der Waals surface area contributed by atoms with Gasteiger partial charge in [-0.25, -0.2) is 24.0 Å². The molecule has 0 bridgehead atoms. The molecule has 12 atom stereocenters. The molecular weight excluding hydrogens is 1510 g/mol. The van der Waals surface area contributed by atoms with Crippen LogP contribution in [0.4, 0.5) is 9.59 Å². The maximum atomic E-state index is 13.2. The average molecular weight is 1610 g/mol. The predicted octanol–water partition coefficient (Wildman–Crippen LogP) is 12.2. The summed E-state index contributed by atoms with van der Waals surface area (Å²) in [6.07, 6.45) is 12.2. The number of carboxylic acids is 2. The number of carboxylic acid groups (broad SMARTS) is 2. The quantitative estimate of drug-likeness (QED) is 0.0330. The summed E-state index contributed by atoms with van der Waals surface area (Å²) < 4.78 is 29.6. The number of likely N-dealkylation sites (tertiary alicyclic amines) is 3. The number of rotatable bonds is 17. The van der Waals surface area contributed by atoms with E-state index < -0.39 is 53.5 Å². The predicted molar refractivity (Wildman–Crippen MR) is 413 cm³/mol. The summed E-state index contributed by atoms with van der Waals surface area (Å²) in [6, 6.07) is 41.5. The van der Waals surface area contributed by atoms with Crippen LogP contribution in [0.2, 0.25) is 0 Å². The first kappa shape index (κ1) is 83.0. The number of carbonyl (C=O) groups is 10. The molecule has 8 heterocycles. The van der Waals surface area contributed by atoms with Gasteiger partial charge in [-0.05, 0) is 151 Å². The first-order valence-electron chi connectivity index (χ1n) is 36.9. The van der Waals surface area contributed by atoms with Crippen LogP contribution in [0, 0.1) is 23.7 Å². The fraction of sp³-hybridized carbons (Fsp3) is 0.439. The molecule has 4 aliphatic heterocycles. The summed E-state index contributed by atoms with van der Waals surface area (Å²) in [5.41, 5.74) is 4.83. The van der Waals surface area contributed by atoms with Gasteiger partial charge in [-0.2, -0.15) is 10.2 Å². The lowest BCUT2D eigenvalue weighted by Crippen LogP contribution is -2.46. The van der Waals surface area contributed by atoms with Crippen molar-refractivity contribution in [2.45, 2.75) is 205 Å². The van der Waals surface area contributed by atoms with Crippen molar-refractivity contribution in [1.29, 1.82) is 0 Å². The van der Waals surface area contributed by atoms with Gasteiger partial charge >= 0.3 is 42.0 Å². The molecule has 4 aliphatic carbocycles. The molecule has 27 nitrogen and oxygen atoms in total. The van der Waals surface area contributed by atoms with Crippen LogP contribution in [0.5, 0.6) is 0 Å². The van der Waals surface area contributed by atoms with Gasteiger partial charge in [0, 0.05) is 66.5 Å². The highest BCUT2D eigenvalue weighted by atomic mass is 79.9. The highest BCUT2D eigenvalue weighted by Gasteiger charge is 2.60. The molecule has 4 aromatic carbocycles. The number of hydrogen-bond acceptors (Lipinski definition) is 20. The first-order valence-corrected chi connectivity index (χ1v) is 38.0. The third-order valence-corrected chi connectivity index (χ3v) is 20.5. The Hall–Kier alpha value is -10.5. The van der Waals surface area contributed by atoms with Crippen molar-refractivity contribution in [3.63, 3.8) is 0 Å². The largest absolute Gasteiger partial charge is 0.480 e. The van der Waals surface area contributed by atoms with Crippen LogP contribution in [0.15, 0.2) is 158 Å². The van der Waals surface area contributed by atoms with Gasteiger partial charge in [0.25, 0.3) is 0 Å². The lowest BCUT2D eigenvalue weighted by atomic mass is 10.1. The molecule has 4 saturated heterocycles. The Morgan fingerprint density at radius 1 is 0.468 bits per heavy atom. The molecule has 588 valence electrons. The van der Waals surface area contributed by atoms with E-state index in [1.165, 1.54) is 46.3 Å². The average Bonchev–Trinajstić information content (AvgIpc) is 1.60. The number of carbonyl (C=O) groups excluding carboxylic acids is 8. The van der Waals surface area contributed by atoms with Crippen LogP contribution in [-0.4, -0.2) is 173 Å². The van der Waals surface area contributed by atoms with E-state index in [1.54, 1.807) is 61.3 Å². The molecule has 0 radical (unpaired) electrons. The van der Waals surface area contributed by atoms with E-state index in [0.29, 0.717) is 77.2 Å². The Morgan fingerprint density at radius 3 is 1.22 bits per heavy atom. The van der Waals surface area contributed by atoms with Crippen molar-refractivity contribution in [2.75, 3.05) is 0 Å². The van der Waals surface area contributed by atoms with Crippen LogP contribution < -0.4 is 5.32 Å². The third kappa shape index (κ3) is 22.2. The number of nitrogens with one attached hydrogen (secondary N) is 1. The Kier molecular flexibility index (Phi) is 27.4. The van der Waals surface area contributed by atoms with Crippen molar-refractivity contribution in [3.8, 4) is 0 Å². The Balaban J connectivity index is 0.000000147. The SMILES string of the molecule is BrCc1ccccc1.CC(=O)c1nn(CC(=O)N2[C@@H]3C[C@@H]3C[C@H]2C(=O)OCc2ccccc2)c2cnccc12.CC(=O)c1nn(CC(=O)O)c2cnccc12.CC(C)(C)OC(=O)N1[C@@H]2C[C@@H]2C[C@H]1C(=O)O.CC(C)(C)OC(=O)N1[C@@H]2C[C@@H]2C[C@H]1C(=O)OCc1ccccc1.Cl.O=C(OCc1ccccc1)[C@@H]1C[C@H]2C[C@H]2N1. The number of piperidine rings is 4. The molecule has 16 rings (SSSR count). The number of nitrogens with zero attached hydrogens (tertiary/aromatic N) is 9. The number of alkyl halides is 1. The van der Waals surface area contributed by atoms with Gasteiger partial charge in [-0.1, -0.05) is 137 Å². The minimum atomic E-state index is -1.01. The van der Waals surface area contributed by atoms with E-state index in [2.05, 4.69) is 53.5 Å². The smallest absolute Gasteiger partial charge is 0.411 e. The molecule has 4 aromatic heterocycles. The van der Waals surface area contributed by atoms with E-state index in [-0.39, 0.29) is 104 Å². The summed E-state index contributed by atoms with van der Waals surface area (Å²) in [5, 5.41) is 31.6. The Morgan fingerprint density at radius 2 is 0.847 bits per heavy atom. The molecule has 111 heavy (non-hydrogen) atoms. The van der Waals surface area contributed by atoms with Gasteiger partial charge in [0.1, 0.15) is 79.7 Å². The summed E-state index contributed by atoms with van der Waals surface area (Å²) in [7, 11) is 0. The third-order valence-electron chi connectivity index (χ3n) is 19.8. The number of fused-ring (bicyclic) bond motifs is 6. The Labute approximate surface area is 657 Å². The van der Waals surface area contributed by atoms with E-state index in [1.807, 2.05) is 130 Å². The number of halogens is 2. The fourth-order valence-electron chi connectivity index (χ4n) is 14.2. The van der Waals surface area contributed by atoms with Gasteiger partial charge in [-0.15, -0.1) is 12.4 Å². The topological polar surface area (TPSA) is 340 Å². The van der Waals surface area contributed by atoms with Gasteiger partial charge in [0.2, 0.25) is 5.91 Å². The number of amides is 3. The van der Waals surface area contributed by atoms with Crippen LogP contribution in [-0.2, 0) is 90.7 Å². The van der Waals surface area contributed by atoms with Crippen molar-refractivity contribution in [3.05, 3.63) is 192 Å². The molecule has 8 aromatic rings. The summed E-state index contributed by atoms with van der Waals surface area (Å²) >= 11 is 3.36. The molecule has 8 fully saturated rings. The van der Waals surface area contributed by atoms with Crippen molar-refractivity contribution >= 4 is 110 Å². The van der Waals surface area contributed by atoms with Crippen LogP contribution in [0.3, 0.4) is 0 Å². The second-order valence-corrected chi connectivity index (χ2v) is 31.2. The molecule has 29 heteroatoms. The monoisotopic (exact) mass is 1600 g/mol. The highest BCUT2D eigenvalue weighted by molar-refractivity contribution is 9.08. The maximum absolute atomic E-state index is 13.2. The van der Waals surface area contributed by atoms with Crippen molar-refractivity contribution < 1.29 is 81.8 Å². The van der Waals surface area contributed by atoms with Gasteiger partial charge < -0.3 is 44.1 Å². The Bertz CT molecular complexity index is 4630. The molecule has 0 spiro atoms. The van der Waals surface area contributed by atoms with Crippen LogP contribution in [0.25, 0.3) is 21.8 Å². The van der Waals surface area contributed by atoms with Crippen LogP contribution >= 0.6 is 28.3 Å². The highest BCUT2D eigenvalue weighted by Crippen LogP contribution is 2.51. The zero-order chi connectivity index (χ0) is 78.7. The van der Waals surface area contributed by atoms with Gasteiger partial charge in [0.15, 0.2) is 11.6 Å². The van der Waals surface area contributed by atoms with Crippen molar-refractivity contribution in [2.24, 2.45) is 23.7 Å². The van der Waals surface area contributed by atoms with E-state index in [4.69, 9.17) is 33.9 Å². The maximum Gasteiger partial charge on any atom is 0.411 e. The summed E-state index contributed by atoms with van der Waals surface area (Å²) in [4.78, 5) is 132. The van der Waals surface area contributed by atoms with Crippen LogP contribution in [0.1, 0.15) is 150 Å². The number of esters is 3. The molecular formula is C82H94BrClN10O17. The van der Waals surface area contributed by atoms with E-state index in [9.17, 15) is 47.9 Å². The second kappa shape index (κ2) is 36.6. The number of aromatic nitrogens is 6. The fourth-order valence-corrected chi connectivity index (χ4v) is 14.6. The van der Waals surface area contributed by atoms with E-state index >= 15 is 0 Å². The first-order chi connectivity index (χ1) is 52.5. The molecule has 0 unspecified atom stereocenters. The number of pyridine rings is 2. The number of Topliss-reactive ketones (excluding diaryl/α,β-unsaturated/α-hetero) is 2. The summed E-state index contributed by atoms with van der Waals surface area (Å²) in [6.45, 7) is 14.1. The lowest BCUT2D eigenvalue weighted by Gasteiger charge is -2.29. The molecule has 3 N–H and O–H groups in total. The van der Waals surface area contributed by atoms with Gasteiger partial charge in [-0.3, -0.25) is 53.1 Å². The molecule has 3 amide bonds. The number of hydrogen-bond donors (Lipinski definition) is 3. The minimum absolute atomic E-state index is 0. The molecule has 8 aliphatic rings. The van der Waals surface area contributed by atoms with Gasteiger partial charge in [0.05, 0.1) is 23.4 Å². The number of benzene rings is 4. The van der Waals surface area contributed by atoms with E-state index in [0.717, 1.165) is 53.6 Å². The lowest BCUT2D eigenvalue weighted by molar-refractivity contribution is -0.155. The summed E-state index contributed by atoms with van der Waals surface area (Å²) in [5.74, 6) is -1.46. The minimum Gasteiger partial charge on any atom is -0.480 e. The number of ether oxygens (including phenoxy) is 5. The number of ketones is 2. The molecule has 4 saturated carbocycles.